The summed E-state index contributed by atoms with van der Waals surface area (Å²) in [6, 6.07) is -1.80. The predicted octanol–water partition coefficient (Wildman–Crippen LogP) is 0.155. The maximum atomic E-state index is 12.7. The monoisotopic (exact) mass is 797 g/mol. The lowest BCUT2D eigenvalue weighted by Gasteiger charge is -2.19. The average Bonchev–Trinajstić information content (AvgIpc) is 3.06. The van der Waals surface area contributed by atoms with Gasteiger partial charge in [0.1, 0.15) is 18.4 Å². The number of nitrogens with one attached hydrogen (secondary N) is 3. The third-order valence-corrected chi connectivity index (χ3v) is 8.21. The van der Waals surface area contributed by atoms with Crippen molar-refractivity contribution >= 4 is 63.1 Å². The molecule has 310 valence electrons. The van der Waals surface area contributed by atoms with Gasteiger partial charge in [0.15, 0.2) is 17.3 Å². The molecule has 0 aromatic carbocycles. The molecule has 0 aromatic rings. The molecule has 21 heteroatoms. The van der Waals surface area contributed by atoms with Gasteiger partial charge in [0, 0.05) is 51.5 Å². The van der Waals surface area contributed by atoms with Gasteiger partial charge in [-0.3, -0.25) is 47.7 Å². The second kappa shape index (κ2) is 29.1. The molecule has 0 heterocycles. The van der Waals surface area contributed by atoms with E-state index in [1.54, 1.807) is 0 Å². The molecule has 0 saturated carbocycles. The minimum absolute atomic E-state index is 0. The molecule has 0 aliphatic carbocycles. The standard InChI is InChI=1S/C32H51N3O17S.CH4/c1-2-3-5-23(36)18-34-28(40)11-8-21(31(44)45)16-24(37)19-52-15-14-51-13-12-33-27(39)10-9-22(32(46)47)17-26(38)25(20-53(48,49)50)35-29(41)6-4-7-30(42)43;/h21-22,25H,2-20H2,1H3,(H,33,39)(H,34,40)(H,35,41)(H,42,43)(H,44,45)(H,46,47)(H,48,49,50);1H4. The summed E-state index contributed by atoms with van der Waals surface area (Å²) in [7, 11) is -4.79. The van der Waals surface area contributed by atoms with E-state index in [9.17, 15) is 66.3 Å². The van der Waals surface area contributed by atoms with Crippen LogP contribution in [0.25, 0.3) is 0 Å². The number of aliphatic carboxylic acids is 3. The van der Waals surface area contributed by atoms with Crippen LogP contribution in [0.3, 0.4) is 0 Å². The first-order chi connectivity index (χ1) is 24.8. The summed E-state index contributed by atoms with van der Waals surface area (Å²) in [6.07, 6.45) is -1.06. The van der Waals surface area contributed by atoms with Crippen molar-refractivity contribution in [2.45, 2.75) is 97.4 Å². The zero-order valence-electron chi connectivity index (χ0n) is 29.7. The number of Topliss-reactive ketones (excluding diaryl/α,β-unsaturated/α-hetero) is 3. The zero-order chi connectivity index (χ0) is 40.4. The number of hydrogen-bond donors (Lipinski definition) is 7. The Balaban J connectivity index is 0. The predicted molar refractivity (Wildman–Crippen MR) is 189 cm³/mol. The Morgan fingerprint density at radius 2 is 1.24 bits per heavy atom. The fourth-order valence-electron chi connectivity index (χ4n) is 4.55. The Hall–Kier alpha value is -4.34. The maximum Gasteiger partial charge on any atom is 0.306 e. The van der Waals surface area contributed by atoms with Crippen LogP contribution >= 0.6 is 0 Å². The van der Waals surface area contributed by atoms with Crippen molar-refractivity contribution in [2.24, 2.45) is 11.8 Å². The van der Waals surface area contributed by atoms with Gasteiger partial charge in [-0.25, -0.2) is 0 Å². The highest BCUT2D eigenvalue weighted by Crippen LogP contribution is 2.15. The molecule has 0 fully saturated rings. The fraction of sp³-hybridized carbons (Fsp3) is 0.727. The summed E-state index contributed by atoms with van der Waals surface area (Å²) >= 11 is 0. The van der Waals surface area contributed by atoms with Gasteiger partial charge in [0.2, 0.25) is 17.7 Å². The number of carbonyl (C=O) groups excluding carboxylic acids is 6. The molecular formula is C33H55N3O17S. The van der Waals surface area contributed by atoms with Crippen molar-refractivity contribution < 1.29 is 80.9 Å². The molecule has 0 aliphatic rings. The highest BCUT2D eigenvalue weighted by atomic mass is 32.2. The quantitative estimate of drug-likeness (QED) is 0.0343. The number of amides is 3. The molecule has 3 atom stereocenters. The van der Waals surface area contributed by atoms with Crippen LogP contribution in [0.4, 0.5) is 0 Å². The van der Waals surface area contributed by atoms with E-state index < -0.39 is 94.0 Å². The highest BCUT2D eigenvalue weighted by Gasteiger charge is 2.31. The van der Waals surface area contributed by atoms with E-state index in [0.717, 1.165) is 6.42 Å². The molecule has 20 nitrogen and oxygen atoms in total. The Kier molecular flexibility index (Phi) is 27.9. The Morgan fingerprint density at radius 3 is 1.80 bits per heavy atom. The van der Waals surface area contributed by atoms with E-state index in [1.807, 2.05) is 6.92 Å². The Labute approximate surface area is 314 Å². The fourth-order valence-corrected chi connectivity index (χ4v) is 5.24. The molecule has 3 unspecified atom stereocenters. The maximum absolute atomic E-state index is 12.7. The van der Waals surface area contributed by atoms with Crippen LogP contribution in [0.15, 0.2) is 0 Å². The summed E-state index contributed by atoms with van der Waals surface area (Å²) < 4.78 is 42.4. The zero-order valence-corrected chi connectivity index (χ0v) is 30.5. The minimum atomic E-state index is -4.79. The van der Waals surface area contributed by atoms with E-state index in [2.05, 4.69) is 16.0 Å². The van der Waals surface area contributed by atoms with E-state index in [-0.39, 0.29) is 97.5 Å². The van der Waals surface area contributed by atoms with E-state index in [4.69, 9.17) is 14.6 Å². The summed E-state index contributed by atoms with van der Waals surface area (Å²) in [5, 5.41) is 34.6. The van der Waals surface area contributed by atoms with Gasteiger partial charge in [-0.15, -0.1) is 0 Å². The van der Waals surface area contributed by atoms with Crippen LogP contribution in [-0.2, 0) is 62.7 Å². The molecule has 0 radical (unpaired) electrons. The lowest BCUT2D eigenvalue weighted by molar-refractivity contribution is -0.145. The topological polar surface area (TPSA) is 323 Å². The number of ether oxygens (including phenoxy) is 2. The molecule has 0 aliphatic heterocycles. The summed E-state index contributed by atoms with van der Waals surface area (Å²) in [4.78, 5) is 107. The SMILES string of the molecule is C.CCCCC(=O)CNC(=O)CCC(CC(=O)COCCOCCNC(=O)CCC(CC(=O)C(CS(=O)(=O)O)NC(=O)CCCC(=O)O)C(=O)O)C(=O)O. The molecule has 0 spiro atoms. The number of hydrogen-bond acceptors (Lipinski definition) is 13. The van der Waals surface area contributed by atoms with Gasteiger partial charge in [0.05, 0.1) is 38.2 Å². The smallest absolute Gasteiger partial charge is 0.306 e. The van der Waals surface area contributed by atoms with Crippen molar-refractivity contribution in [3.8, 4) is 0 Å². The van der Waals surface area contributed by atoms with E-state index in [0.29, 0.717) is 12.8 Å². The van der Waals surface area contributed by atoms with Crippen LogP contribution in [0.1, 0.15) is 91.4 Å². The van der Waals surface area contributed by atoms with Crippen molar-refractivity contribution in [1.29, 1.82) is 0 Å². The largest absolute Gasteiger partial charge is 0.481 e. The van der Waals surface area contributed by atoms with Crippen LogP contribution in [0.5, 0.6) is 0 Å². The van der Waals surface area contributed by atoms with Gasteiger partial charge >= 0.3 is 17.9 Å². The summed E-state index contributed by atoms with van der Waals surface area (Å²) in [5.74, 6) is -11.3. The third-order valence-electron chi connectivity index (χ3n) is 7.45. The lowest BCUT2D eigenvalue weighted by atomic mass is 9.94. The summed E-state index contributed by atoms with van der Waals surface area (Å²) in [5.41, 5.74) is 0. The number of carbonyl (C=O) groups is 9. The number of unbranched alkanes of at least 4 members (excludes halogenated alkanes) is 1. The Bertz CT molecular complexity index is 1370. The van der Waals surface area contributed by atoms with Crippen molar-refractivity contribution in [2.75, 3.05) is 45.3 Å². The first-order valence-corrected chi connectivity index (χ1v) is 18.6. The first-order valence-electron chi connectivity index (χ1n) is 17.0. The van der Waals surface area contributed by atoms with Gasteiger partial charge in [0.25, 0.3) is 10.1 Å². The second-order valence-corrected chi connectivity index (χ2v) is 13.6. The van der Waals surface area contributed by atoms with Gasteiger partial charge in [-0.2, -0.15) is 8.42 Å². The second-order valence-electron chi connectivity index (χ2n) is 12.1. The number of rotatable bonds is 33. The van der Waals surface area contributed by atoms with Gasteiger partial charge in [-0.05, 0) is 25.7 Å². The van der Waals surface area contributed by atoms with Crippen molar-refractivity contribution in [1.82, 2.24) is 16.0 Å². The van der Waals surface area contributed by atoms with E-state index in [1.165, 1.54) is 0 Å². The van der Waals surface area contributed by atoms with Crippen molar-refractivity contribution in [3.63, 3.8) is 0 Å². The van der Waals surface area contributed by atoms with Crippen LogP contribution in [-0.4, -0.2) is 133 Å². The van der Waals surface area contributed by atoms with Crippen LogP contribution in [0.2, 0.25) is 0 Å². The molecule has 7 N–H and O–H groups in total. The molecule has 54 heavy (non-hydrogen) atoms. The third kappa shape index (κ3) is 28.2. The van der Waals surface area contributed by atoms with Crippen molar-refractivity contribution in [3.05, 3.63) is 0 Å². The molecule has 0 rings (SSSR count). The van der Waals surface area contributed by atoms with Crippen LogP contribution in [0, 0.1) is 11.8 Å². The number of carboxylic acid groups (broad SMARTS) is 3. The van der Waals surface area contributed by atoms with E-state index >= 15 is 0 Å². The number of ketones is 3. The average molecular weight is 798 g/mol. The summed E-state index contributed by atoms with van der Waals surface area (Å²) in [6.45, 7) is 1.37. The number of carboxylic acids is 3. The van der Waals surface area contributed by atoms with Crippen LogP contribution < -0.4 is 16.0 Å². The Morgan fingerprint density at radius 1 is 0.667 bits per heavy atom. The lowest BCUT2D eigenvalue weighted by Crippen LogP contribution is -2.46. The first kappa shape index (κ1) is 51.8. The van der Waals surface area contributed by atoms with Gasteiger partial charge < -0.3 is 40.7 Å². The van der Waals surface area contributed by atoms with Gasteiger partial charge in [-0.1, -0.05) is 20.8 Å². The molecule has 0 aromatic heterocycles. The highest BCUT2D eigenvalue weighted by molar-refractivity contribution is 7.85. The molecule has 0 bridgehead atoms. The molecule has 3 amide bonds. The normalized spacial score (nSPS) is 12.6. The molecule has 0 saturated heterocycles. The molecular weight excluding hydrogens is 742 g/mol. The minimum Gasteiger partial charge on any atom is -0.481 e.